The average molecular weight is 420 g/mol. The summed E-state index contributed by atoms with van der Waals surface area (Å²) in [7, 11) is -4.61. The van der Waals surface area contributed by atoms with Gasteiger partial charge in [-0.15, -0.1) is 0 Å². The van der Waals surface area contributed by atoms with Crippen molar-refractivity contribution in [2.24, 2.45) is 0 Å². The first-order chi connectivity index (χ1) is 11.6. The minimum Gasteiger partial charge on any atom is -0.349 e. The number of rotatable bonds is 6. The molecule has 0 saturated heterocycles. The van der Waals surface area contributed by atoms with Gasteiger partial charge in [0.05, 0.1) is 18.1 Å². The van der Waals surface area contributed by atoms with Crippen LogP contribution in [0.2, 0.25) is 0 Å². The second kappa shape index (κ2) is 7.23. The zero-order valence-electron chi connectivity index (χ0n) is 12.2. The Morgan fingerprint density at radius 2 is 1.15 bits per heavy atom. The number of benzene rings is 1. The van der Waals surface area contributed by atoms with E-state index in [0.717, 1.165) is 12.1 Å². The molecule has 1 rings (SSSR count). The van der Waals surface area contributed by atoms with Crippen molar-refractivity contribution >= 4 is 10.1 Å². The number of hydrogen-bond donors (Lipinski definition) is 0. The highest BCUT2D eigenvalue weighted by atomic mass is 32.2. The van der Waals surface area contributed by atoms with E-state index in [1.807, 2.05) is 0 Å². The van der Waals surface area contributed by atoms with Crippen LogP contribution < -0.4 is 0 Å². The van der Waals surface area contributed by atoms with Crippen molar-refractivity contribution < 1.29 is 56.9 Å². The SMILES string of the molecule is O=S(=O)(OCCOC(C(F)(F)F)(C(F)(F)F)C(F)(F)F)c1ccccc1. The van der Waals surface area contributed by atoms with Crippen LogP contribution in [0.1, 0.15) is 0 Å². The van der Waals surface area contributed by atoms with E-state index in [9.17, 15) is 47.9 Å². The van der Waals surface area contributed by atoms with Crippen LogP contribution in [0, 0.1) is 0 Å². The zero-order chi connectivity index (χ0) is 20.4. The van der Waals surface area contributed by atoms with Crippen LogP contribution >= 0.6 is 0 Å². The van der Waals surface area contributed by atoms with Gasteiger partial charge in [-0.25, -0.2) is 0 Å². The summed E-state index contributed by atoms with van der Waals surface area (Å²) < 4.78 is 144. The molecule has 0 saturated carbocycles. The van der Waals surface area contributed by atoms with Crippen molar-refractivity contribution in [2.75, 3.05) is 13.2 Å². The molecule has 26 heavy (non-hydrogen) atoms. The fourth-order valence-corrected chi connectivity index (χ4v) is 2.64. The first-order valence-corrected chi connectivity index (χ1v) is 7.76. The summed E-state index contributed by atoms with van der Waals surface area (Å²) in [6, 6.07) is 5.83. The second-order valence-corrected chi connectivity index (χ2v) is 6.23. The summed E-state index contributed by atoms with van der Waals surface area (Å²) in [5.74, 6) is 0. The molecule has 0 aliphatic rings. The highest BCUT2D eigenvalue weighted by Crippen LogP contribution is 2.54. The van der Waals surface area contributed by atoms with Crippen molar-refractivity contribution in [3.63, 3.8) is 0 Å². The molecular weight excluding hydrogens is 411 g/mol. The van der Waals surface area contributed by atoms with Crippen molar-refractivity contribution in [1.29, 1.82) is 0 Å². The zero-order valence-corrected chi connectivity index (χ0v) is 13.1. The Hall–Kier alpha value is -1.54. The number of ether oxygens (including phenoxy) is 1. The lowest BCUT2D eigenvalue weighted by Gasteiger charge is -2.37. The molecule has 0 aliphatic carbocycles. The molecule has 0 amide bonds. The third-order valence-electron chi connectivity index (χ3n) is 2.87. The first kappa shape index (κ1) is 22.5. The molecule has 0 aliphatic heterocycles. The van der Waals surface area contributed by atoms with Crippen molar-refractivity contribution in [1.82, 2.24) is 0 Å². The predicted molar refractivity (Wildman–Crippen MR) is 66.4 cm³/mol. The van der Waals surface area contributed by atoms with E-state index < -0.39 is 52.4 Å². The van der Waals surface area contributed by atoms with Crippen LogP contribution in [-0.4, -0.2) is 45.8 Å². The van der Waals surface area contributed by atoms with E-state index in [1.54, 1.807) is 0 Å². The first-order valence-electron chi connectivity index (χ1n) is 6.35. The van der Waals surface area contributed by atoms with Crippen LogP contribution in [-0.2, 0) is 19.0 Å². The van der Waals surface area contributed by atoms with Gasteiger partial charge in [0.1, 0.15) is 0 Å². The van der Waals surface area contributed by atoms with Gasteiger partial charge < -0.3 is 4.74 Å². The second-order valence-electron chi connectivity index (χ2n) is 4.61. The summed E-state index contributed by atoms with van der Waals surface area (Å²) in [6.07, 6.45) is -20.7. The largest absolute Gasteiger partial charge is 0.435 e. The maximum atomic E-state index is 12.6. The van der Waals surface area contributed by atoms with E-state index in [-0.39, 0.29) is 0 Å². The van der Waals surface area contributed by atoms with Crippen LogP contribution in [0.25, 0.3) is 0 Å². The highest BCUT2D eigenvalue weighted by molar-refractivity contribution is 7.86. The van der Waals surface area contributed by atoms with Gasteiger partial charge in [-0.2, -0.15) is 47.9 Å². The summed E-state index contributed by atoms with van der Waals surface area (Å²) in [4.78, 5) is -0.506. The molecule has 0 fully saturated rings. The standard InChI is InChI=1S/C12H9F9O4S/c13-10(14,15)9(11(16,17)18,12(19,20)21)24-6-7-25-26(22,23)8-4-2-1-3-5-8/h1-5H,6-7H2. The molecule has 0 N–H and O–H groups in total. The molecule has 4 nitrogen and oxygen atoms in total. The fourth-order valence-electron chi connectivity index (χ4n) is 1.72. The maximum absolute atomic E-state index is 12.6. The van der Waals surface area contributed by atoms with E-state index in [2.05, 4.69) is 8.92 Å². The smallest absolute Gasteiger partial charge is 0.349 e. The van der Waals surface area contributed by atoms with Gasteiger partial charge in [-0.1, -0.05) is 18.2 Å². The van der Waals surface area contributed by atoms with Gasteiger partial charge in [-0.3, -0.25) is 4.18 Å². The summed E-state index contributed by atoms with van der Waals surface area (Å²) >= 11 is 0. The lowest BCUT2D eigenvalue weighted by atomic mass is 10.0. The van der Waals surface area contributed by atoms with Crippen LogP contribution in [0.15, 0.2) is 35.2 Å². The third-order valence-corrected chi connectivity index (χ3v) is 4.20. The third kappa shape index (κ3) is 4.40. The fraction of sp³-hybridized carbons (Fsp3) is 0.500. The van der Waals surface area contributed by atoms with Crippen molar-refractivity contribution in [3.8, 4) is 0 Å². The summed E-state index contributed by atoms with van der Waals surface area (Å²) in [5, 5.41) is 0. The monoisotopic (exact) mass is 420 g/mol. The molecule has 1 aromatic rings. The Morgan fingerprint density at radius 1 is 0.731 bits per heavy atom. The molecule has 0 bridgehead atoms. The van der Waals surface area contributed by atoms with E-state index >= 15 is 0 Å². The Balaban J connectivity index is 2.96. The molecular formula is C12H9F9O4S. The molecule has 0 atom stereocenters. The van der Waals surface area contributed by atoms with Gasteiger partial charge in [-0.05, 0) is 12.1 Å². The topological polar surface area (TPSA) is 52.6 Å². The average Bonchev–Trinajstić information content (AvgIpc) is 2.43. The Labute approximate surface area is 140 Å². The minimum atomic E-state index is -6.90. The Morgan fingerprint density at radius 3 is 1.54 bits per heavy atom. The van der Waals surface area contributed by atoms with E-state index in [1.165, 1.54) is 18.2 Å². The Kier molecular flexibility index (Phi) is 6.26. The summed E-state index contributed by atoms with van der Waals surface area (Å²) in [6.45, 7) is -3.47. The van der Waals surface area contributed by atoms with Gasteiger partial charge >= 0.3 is 24.1 Å². The lowest BCUT2D eigenvalue weighted by molar-refractivity contribution is -0.457. The normalized spacial score (nSPS) is 14.5. The molecule has 0 heterocycles. The number of alkyl halides is 9. The molecule has 1 aromatic carbocycles. The number of halogens is 9. The summed E-state index contributed by atoms with van der Waals surface area (Å²) in [5.41, 5.74) is -6.48. The van der Waals surface area contributed by atoms with Crippen molar-refractivity contribution in [2.45, 2.75) is 29.0 Å². The van der Waals surface area contributed by atoms with Gasteiger partial charge in [0, 0.05) is 0 Å². The molecule has 0 aromatic heterocycles. The van der Waals surface area contributed by atoms with E-state index in [0.29, 0.717) is 0 Å². The minimum absolute atomic E-state index is 0.506. The van der Waals surface area contributed by atoms with Gasteiger partial charge in [0.15, 0.2) is 0 Å². The molecule has 0 radical (unpaired) electrons. The maximum Gasteiger partial charge on any atom is 0.435 e. The highest BCUT2D eigenvalue weighted by Gasteiger charge is 2.85. The van der Waals surface area contributed by atoms with E-state index in [4.69, 9.17) is 0 Å². The number of hydrogen-bond acceptors (Lipinski definition) is 4. The molecule has 0 spiro atoms. The quantitative estimate of drug-likeness (QED) is 0.399. The van der Waals surface area contributed by atoms with Crippen molar-refractivity contribution in [3.05, 3.63) is 30.3 Å². The van der Waals surface area contributed by atoms with Crippen LogP contribution in [0.5, 0.6) is 0 Å². The predicted octanol–water partition coefficient (Wildman–Crippen LogP) is 3.83. The Bertz CT molecular complexity index is 656. The van der Waals surface area contributed by atoms with Gasteiger partial charge in [0.25, 0.3) is 10.1 Å². The van der Waals surface area contributed by atoms with Crippen LogP contribution in [0.3, 0.4) is 0 Å². The molecule has 0 unspecified atom stereocenters. The molecule has 14 heteroatoms. The lowest BCUT2D eigenvalue weighted by Crippen LogP contribution is -2.68. The van der Waals surface area contributed by atoms with Crippen LogP contribution in [0.4, 0.5) is 39.5 Å². The van der Waals surface area contributed by atoms with Gasteiger partial charge in [0.2, 0.25) is 0 Å². The molecule has 150 valence electrons.